The number of esters is 1. The van der Waals surface area contributed by atoms with Crippen molar-refractivity contribution in [1.29, 1.82) is 0 Å². The number of fused-ring (bicyclic) bond motifs is 2. The van der Waals surface area contributed by atoms with Gasteiger partial charge in [0.2, 0.25) is 6.79 Å². The van der Waals surface area contributed by atoms with E-state index in [4.69, 9.17) is 14.2 Å². The molecule has 0 radical (unpaired) electrons. The van der Waals surface area contributed by atoms with Crippen LogP contribution in [0.15, 0.2) is 53.6 Å². The highest BCUT2D eigenvalue weighted by Crippen LogP contribution is 2.44. The average Bonchev–Trinajstić information content (AvgIpc) is 3.17. The monoisotopic (exact) mass is 435 g/mol. The molecule has 9 heteroatoms. The molecule has 0 unspecified atom stereocenters. The third-order valence-corrected chi connectivity index (χ3v) is 5.58. The molecule has 2 aromatic carbocycles. The number of hydrogen-bond acceptors (Lipinski definition) is 6. The van der Waals surface area contributed by atoms with Gasteiger partial charge in [0.25, 0.3) is 0 Å². The minimum absolute atomic E-state index is 0.0515. The molecule has 5 nitrogen and oxygen atoms in total. The maximum atomic E-state index is 13.8. The number of ether oxygens (including phenoxy) is 3. The summed E-state index contributed by atoms with van der Waals surface area (Å²) in [6, 6.07) is 12.4. The van der Waals surface area contributed by atoms with E-state index in [1.807, 2.05) is 0 Å². The van der Waals surface area contributed by atoms with E-state index < -0.39 is 23.0 Å². The molecular formula is C21H16F3NO4S. The van der Waals surface area contributed by atoms with E-state index in [-0.39, 0.29) is 35.1 Å². The molecule has 0 saturated carbocycles. The van der Waals surface area contributed by atoms with Gasteiger partial charge >= 0.3 is 12.1 Å². The lowest BCUT2D eigenvalue weighted by atomic mass is 10.1. The van der Waals surface area contributed by atoms with Gasteiger partial charge in [-0.05, 0) is 24.6 Å². The van der Waals surface area contributed by atoms with Crippen LogP contribution in [0.3, 0.4) is 0 Å². The zero-order valence-corrected chi connectivity index (χ0v) is 16.5. The van der Waals surface area contributed by atoms with Crippen LogP contribution in [-0.4, -0.2) is 24.4 Å². The second-order valence-electron chi connectivity index (χ2n) is 6.39. The molecule has 0 bridgehead atoms. The third kappa shape index (κ3) is 4.02. The fourth-order valence-corrected chi connectivity index (χ4v) is 4.14. The molecule has 1 aliphatic rings. The first-order valence-corrected chi connectivity index (χ1v) is 9.94. The fourth-order valence-electron chi connectivity index (χ4n) is 3.11. The lowest BCUT2D eigenvalue weighted by molar-refractivity contribution is -0.142. The molecule has 0 N–H and O–H groups in total. The van der Waals surface area contributed by atoms with Crippen molar-refractivity contribution in [1.82, 2.24) is 4.98 Å². The van der Waals surface area contributed by atoms with Gasteiger partial charge in [0, 0.05) is 11.5 Å². The number of carbonyl (C=O) groups excluding carboxylic acids is 1. The summed E-state index contributed by atoms with van der Waals surface area (Å²) in [7, 11) is 0. The highest BCUT2D eigenvalue weighted by Gasteiger charge is 2.35. The van der Waals surface area contributed by atoms with Crippen molar-refractivity contribution in [3.05, 3.63) is 59.7 Å². The van der Waals surface area contributed by atoms with E-state index in [0.717, 1.165) is 17.8 Å². The molecular weight excluding hydrogens is 419 g/mol. The Morgan fingerprint density at radius 2 is 1.87 bits per heavy atom. The number of aromatic nitrogens is 1. The van der Waals surface area contributed by atoms with Crippen LogP contribution in [0.4, 0.5) is 13.2 Å². The predicted molar refractivity (Wildman–Crippen MR) is 105 cm³/mol. The summed E-state index contributed by atoms with van der Waals surface area (Å²) in [6.45, 7) is 1.77. The molecule has 1 aliphatic heterocycles. The van der Waals surface area contributed by atoms with Crippen LogP contribution in [0.2, 0.25) is 0 Å². The van der Waals surface area contributed by atoms with E-state index in [2.05, 4.69) is 4.98 Å². The molecule has 30 heavy (non-hydrogen) atoms. The molecule has 156 valence electrons. The number of halogens is 3. The van der Waals surface area contributed by atoms with Crippen LogP contribution in [0.25, 0.3) is 10.9 Å². The number of pyridine rings is 1. The average molecular weight is 435 g/mol. The first kappa shape index (κ1) is 20.3. The summed E-state index contributed by atoms with van der Waals surface area (Å²) in [5.74, 6) is 0.0222. The second-order valence-corrected chi connectivity index (χ2v) is 7.51. The lowest BCUT2D eigenvalue weighted by Crippen LogP contribution is -2.14. The first-order valence-electron chi connectivity index (χ1n) is 9.06. The molecule has 2 heterocycles. The summed E-state index contributed by atoms with van der Waals surface area (Å²) >= 11 is 0.911. The number of thioether (sulfide) groups is 1. The molecule has 1 atom stereocenters. The van der Waals surface area contributed by atoms with E-state index in [1.165, 1.54) is 12.1 Å². The molecule has 0 fully saturated rings. The predicted octanol–water partition coefficient (Wildman–Crippen LogP) is 5.38. The Morgan fingerprint density at radius 3 is 2.53 bits per heavy atom. The van der Waals surface area contributed by atoms with Gasteiger partial charge in [-0.1, -0.05) is 42.1 Å². The summed E-state index contributed by atoms with van der Waals surface area (Å²) in [4.78, 5) is 16.9. The maximum Gasteiger partial charge on any atom is 0.417 e. The normalized spacial score (nSPS) is 14.0. The SMILES string of the molecule is CCOC(=O)[C@@H](Sc1cc(C(F)(F)F)c2cc3c(cc2n1)OCO3)c1ccccc1. The van der Waals surface area contributed by atoms with Crippen LogP contribution in [0.5, 0.6) is 11.5 Å². The van der Waals surface area contributed by atoms with Crippen LogP contribution in [0, 0.1) is 0 Å². The summed E-state index contributed by atoms with van der Waals surface area (Å²) in [5.41, 5.74) is -0.140. The molecule has 1 aromatic heterocycles. The zero-order chi connectivity index (χ0) is 21.3. The van der Waals surface area contributed by atoms with Gasteiger partial charge in [-0.15, -0.1) is 0 Å². The van der Waals surface area contributed by atoms with Crippen LogP contribution < -0.4 is 9.47 Å². The zero-order valence-electron chi connectivity index (χ0n) is 15.7. The Kier molecular flexibility index (Phi) is 5.46. The minimum Gasteiger partial charge on any atom is -0.465 e. The van der Waals surface area contributed by atoms with E-state index >= 15 is 0 Å². The van der Waals surface area contributed by atoms with Gasteiger partial charge in [0.05, 0.1) is 22.7 Å². The van der Waals surface area contributed by atoms with Crippen molar-refractivity contribution in [2.45, 2.75) is 23.4 Å². The maximum absolute atomic E-state index is 13.8. The molecule has 3 aromatic rings. The highest BCUT2D eigenvalue weighted by atomic mass is 32.2. The van der Waals surface area contributed by atoms with Crippen molar-refractivity contribution in [2.75, 3.05) is 13.4 Å². The largest absolute Gasteiger partial charge is 0.465 e. The number of alkyl halides is 3. The van der Waals surface area contributed by atoms with Crippen molar-refractivity contribution in [3.63, 3.8) is 0 Å². The topological polar surface area (TPSA) is 57.7 Å². The number of nitrogens with zero attached hydrogens (tertiary/aromatic N) is 1. The van der Waals surface area contributed by atoms with E-state index in [9.17, 15) is 18.0 Å². The first-order chi connectivity index (χ1) is 14.4. The van der Waals surface area contributed by atoms with Crippen LogP contribution in [0.1, 0.15) is 23.3 Å². The standard InChI is InChI=1S/C21H16F3NO4S/c1-2-27-20(26)19(12-6-4-3-5-7-12)30-18-9-14(21(22,23)24)13-8-16-17(29-11-28-16)10-15(13)25-18/h3-10,19H,2,11H2,1H3/t19-/m0/s1. The Morgan fingerprint density at radius 1 is 1.17 bits per heavy atom. The summed E-state index contributed by atoms with van der Waals surface area (Å²) < 4.78 is 57.0. The Hall–Kier alpha value is -2.94. The quantitative estimate of drug-likeness (QED) is 0.396. The van der Waals surface area contributed by atoms with Gasteiger partial charge < -0.3 is 14.2 Å². The van der Waals surface area contributed by atoms with Crippen molar-refractivity contribution in [2.24, 2.45) is 0 Å². The van der Waals surface area contributed by atoms with Gasteiger partial charge in [-0.3, -0.25) is 4.79 Å². The number of rotatable bonds is 5. The Balaban J connectivity index is 1.81. The fraction of sp³-hybridized carbons (Fsp3) is 0.238. The van der Waals surface area contributed by atoms with E-state index in [1.54, 1.807) is 37.3 Å². The minimum atomic E-state index is -4.61. The van der Waals surface area contributed by atoms with Crippen molar-refractivity contribution >= 4 is 28.6 Å². The molecule has 0 amide bonds. The van der Waals surface area contributed by atoms with Crippen LogP contribution >= 0.6 is 11.8 Å². The number of benzene rings is 2. The smallest absolute Gasteiger partial charge is 0.417 e. The van der Waals surface area contributed by atoms with E-state index in [0.29, 0.717) is 11.3 Å². The lowest BCUT2D eigenvalue weighted by Gasteiger charge is -2.17. The van der Waals surface area contributed by atoms with Gasteiger partial charge in [0.15, 0.2) is 11.5 Å². The van der Waals surface area contributed by atoms with Crippen LogP contribution in [-0.2, 0) is 15.7 Å². The van der Waals surface area contributed by atoms with Crippen molar-refractivity contribution in [3.8, 4) is 11.5 Å². The Labute approximate surface area is 174 Å². The molecule has 0 spiro atoms. The number of hydrogen-bond donors (Lipinski definition) is 0. The second kappa shape index (κ2) is 8.06. The molecule has 0 saturated heterocycles. The van der Waals surface area contributed by atoms with Gasteiger partial charge in [0.1, 0.15) is 5.25 Å². The van der Waals surface area contributed by atoms with Crippen molar-refractivity contribution < 1.29 is 32.2 Å². The summed E-state index contributed by atoms with van der Waals surface area (Å²) in [5, 5.41) is -0.898. The Bertz CT molecular complexity index is 1090. The van der Waals surface area contributed by atoms with Gasteiger partial charge in [-0.25, -0.2) is 4.98 Å². The third-order valence-electron chi connectivity index (χ3n) is 4.43. The number of carbonyl (C=O) groups is 1. The molecule has 0 aliphatic carbocycles. The molecule has 4 rings (SSSR count). The summed E-state index contributed by atoms with van der Waals surface area (Å²) in [6.07, 6.45) is -4.61. The van der Waals surface area contributed by atoms with Gasteiger partial charge in [-0.2, -0.15) is 13.2 Å². The highest BCUT2D eigenvalue weighted by molar-refractivity contribution is 8.00.